The average Bonchev–Trinajstić information content (AvgIpc) is 2.88. The third kappa shape index (κ3) is 2.89. The summed E-state index contributed by atoms with van der Waals surface area (Å²) in [5, 5.41) is 0. The van der Waals surface area contributed by atoms with E-state index in [1.54, 1.807) is 6.20 Å². The van der Waals surface area contributed by atoms with E-state index in [1.165, 1.54) is 0 Å². The Morgan fingerprint density at radius 1 is 1.15 bits per heavy atom. The van der Waals surface area contributed by atoms with Crippen LogP contribution in [0.5, 0.6) is 0 Å². The van der Waals surface area contributed by atoms with Gasteiger partial charge in [-0.1, -0.05) is 0 Å². The van der Waals surface area contributed by atoms with Crippen LogP contribution >= 0.6 is 0 Å². The van der Waals surface area contributed by atoms with Crippen LogP contribution in [0.15, 0.2) is 18.5 Å². The van der Waals surface area contributed by atoms with E-state index < -0.39 is 0 Å². The Kier molecular flexibility index (Phi) is 4.44. The first-order valence-electron chi connectivity index (χ1n) is 9.49. The number of piperidine rings is 1. The van der Waals surface area contributed by atoms with Gasteiger partial charge in [0.05, 0.1) is 5.69 Å². The van der Waals surface area contributed by atoms with Crippen LogP contribution in [0.25, 0.3) is 5.78 Å². The predicted molar refractivity (Wildman–Crippen MR) is 100 cm³/mol. The number of hydrogen-bond acceptors (Lipinski definition) is 5. The predicted octanol–water partition coefficient (Wildman–Crippen LogP) is 1.28. The van der Waals surface area contributed by atoms with Crippen molar-refractivity contribution < 1.29 is 4.79 Å². The highest BCUT2D eigenvalue weighted by molar-refractivity contribution is 5.94. The molecule has 0 atom stereocenters. The molecular formula is C19H28N6O. The highest BCUT2D eigenvalue weighted by atomic mass is 16.2. The second-order valence-corrected chi connectivity index (χ2v) is 7.86. The number of imidazole rings is 1. The number of amides is 1. The third-order valence-corrected chi connectivity index (χ3v) is 6.20. The molecule has 2 aromatic rings. The molecule has 2 aliphatic heterocycles. The number of fused-ring (bicyclic) bond motifs is 1. The Bertz CT molecular complexity index is 807. The van der Waals surface area contributed by atoms with Gasteiger partial charge in [-0.15, -0.1) is 0 Å². The molecule has 7 nitrogen and oxygen atoms in total. The molecule has 7 heteroatoms. The molecule has 0 aliphatic carbocycles. The Hall–Kier alpha value is -1.99. The van der Waals surface area contributed by atoms with Gasteiger partial charge in [-0.2, -0.15) is 0 Å². The van der Waals surface area contributed by atoms with Crippen LogP contribution in [0, 0.1) is 6.92 Å². The molecule has 2 saturated heterocycles. The van der Waals surface area contributed by atoms with Gasteiger partial charge in [-0.05, 0) is 59.4 Å². The van der Waals surface area contributed by atoms with Crippen LogP contribution in [0.1, 0.15) is 35.4 Å². The van der Waals surface area contributed by atoms with E-state index in [0.29, 0.717) is 11.5 Å². The molecule has 1 amide bonds. The first-order valence-corrected chi connectivity index (χ1v) is 9.49. The fourth-order valence-electron chi connectivity index (χ4n) is 4.44. The number of carbonyl (C=O) groups excluding carboxylic acids is 1. The van der Waals surface area contributed by atoms with Gasteiger partial charge in [-0.25, -0.2) is 9.97 Å². The summed E-state index contributed by atoms with van der Waals surface area (Å²) >= 11 is 0. The topological polar surface area (TPSA) is 57.0 Å². The zero-order valence-corrected chi connectivity index (χ0v) is 16.0. The van der Waals surface area contributed by atoms with E-state index in [1.807, 2.05) is 23.6 Å². The standard InChI is InChI=1S/C19H28N6O/c1-15-16(25-11-4-8-20-18(25)21-15)17(26)24-10-5-9-23(3)19(14-24)6-12-22(2)13-7-19/h4,8,11H,5-7,9-10,12-14H2,1-3H3. The molecule has 0 aromatic carbocycles. The molecule has 2 fully saturated rings. The van der Waals surface area contributed by atoms with Crippen LogP contribution < -0.4 is 0 Å². The van der Waals surface area contributed by atoms with E-state index in [9.17, 15) is 4.79 Å². The van der Waals surface area contributed by atoms with Crippen molar-refractivity contribution in [2.75, 3.05) is 46.8 Å². The van der Waals surface area contributed by atoms with E-state index >= 15 is 0 Å². The van der Waals surface area contributed by atoms with Crippen molar-refractivity contribution in [1.82, 2.24) is 29.1 Å². The van der Waals surface area contributed by atoms with E-state index in [4.69, 9.17) is 0 Å². The molecule has 2 aromatic heterocycles. The van der Waals surface area contributed by atoms with Crippen molar-refractivity contribution in [1.29, 1.82) is 0 Å². The van der Waals surface area contributed by atoms with Crippen molar-refractivity contribution >= 4 is 11.7 Å². The van der Waals surface area contributed by atoms with Crippen molar-refractivity contribution in [2.24, 2.45) is 0 Å². The van der Waals surface area contributed by atoms with Crippen molar-refractivity contribution in [2.45, 2.75) is 31.7 Å². The number of aromatic nitrogens is 3. The van der Waals surface area contributed by atoms with E-state index in [-0.39, 0.29) is 11.4 Å². The molecule has 4 rings (SSSR count). The summed E-state index contributed by atoms with van der Waals surface area (Å²) in [7, 11) is 4.41. The zero-order chi connectivity index (χ0) is 18.3. The van der Waals surface area contributed by atoms with E-state index in [2.05, 4.69) is 38.8 Å². The van der Waals surface area contributed by atoms with Gasteiger partial charge in [-0.3, -0.25) is 14.1 Å². The molecule has 26 heavy (non-hydrogen) atoms. The van der Waals surface area contributed by atoms with Gasteiger partial charge in [0, 0.05) is 37.6 Å². The molecule has 2 aliphatic rings. The molecule has 0 unspecified atom stereocenters. The molecular weight excluding hydrogens is 328 g/mol. The summed E-state index contributed by atoms with van der Waals surface area (Å²) < 4.78 is 1.83. The summed E-state index contributed by atoms with van der Waals surface area (Å²) in [6.45, 7) is 6.71. The number of rotatable bonds is 1. The number of aryl methyl sites for hydroxylation is 1. The summed E-state index contributed by atoms with van der Waals surface area (Å²) in [4.78, 5) is 29.1. The minimum absolute atomic E-state index is 0.0802. The highest BCUT2D eigenvalue weighted by Gasteiger charge is 2.42. The van der Waals surface area contributed by atoms with Crippen LogP contribution in [0.2, 0.25) is 0 Å². The molecule has 0 N–H and O–H groups in total. The monoisotopic (exact) mass is 356 g/mol. The number of hydrogen-bond donors (Lipinski definition) is 0. The number of likely N-dealkylation sites (N-methyl/N-ethyl adjacent to an activating group) is 1. The first kappa shape index (κ1) is 17.4. The molecule has 140 valence electrons. The number of nitrogens with zero attached hydrogens (tertiary/aromatic N) is 6. The second-order valence-electron chi connectivity index (χ2n) is 7.86. The van der Waals surface area contributed by atoms with Crippen molar-refractivity contribution in [3.63, 3.8) is 0 Å². The van der Waals surface area contributed by atoms with Gasteiger partial charge < -0.3 is 9.80 Å². The van der Waals surface area contributed by atoms with Crippen molar-refractivity contribution in [3.8, 4) is 0 Å². The number of carbonyl (C=O) groups is 1. The summed E-state index contributed by atoms with van der Waals surface area (Å²) in [5.41, 5.74) is 1.50. The summed E-state index contributed by atoms with van der Waals surface area (Å²) in [6, 6.07) is 1.85. The summed E-state index contributed by atoms with van der Waals surface area (Å²) in [6.07, 6.45) is 6.82. The van der Waals surface area contributed by atoms with Gasteiger partial charge in [0.25, 0.3) is 5.91 Å². The fourth-order valence-corrected chi connectivity index (χ4v) is 4.44. The maximum atomic E-state index is 13.5. The van der Waals surface area contributed by atoms with Crippen LogP contribution in [-0.4, -0.2) is 87.3 Å². The Morgan fingerprint density at radius 3 is 2.69 bits per heavy atom. The van der Waals surface area contributed by atoms with Gasteiger partial charge in [0.1, 0.15) is 5.69 Å². The van der Waals surface area contributed by atoms with Gasteiger partial charge in [0.2, 0.25) is 5.78 Å². The Morgan fingerprint density at radius 2 is 1.92 bits per heavy atom. The molecule has 1 spiro atoms. The first-order chi connectivity index (χ1) is 12.5. The Labute approximate surface area is 154 Å². The lowest BCUT2D eigenvalue weighted by Gasteiger charge is -2.47. The normalized spacial score (nSPS) is 22.0. The zero-order valence-electron chi connectivity index (χ0n) is 16.0. The minimum atomic E-state index is 0.0802. The summed E-state index contributed by atoms with van der Waals surface area (Å²) in [5.74, 6) is 0.672. The lowest BCUT2D eigenvalue weighted by atomic mass is 9.85. The fraction of sp³-hybridized carbons (Fsp3) is 0.632. The number of likely N-dealkylation sites (tertiary alicyclic amines) is 1. The van der Waals surface area contributed by atoms with Gasteiger partial charge in [0.15, 0.2) is 0 Å². The Balaban J connectivity index is 1.65. The van der Waals surface area contributed by atoms with Crippen LogP contribution in [0.4, 0.5) is 0 Å². The smallest absolute Gasteiger partial charge is 0.272 e. The molecule has 0 radical (unpaired) electrons. The SMILES string of the molecule is Cc1nc2ncccn2c1C(=O)N1CCCN(C)C2(CCN(C)CC2)C1. The van der Waals surface area contributed by atoms with Crippen LogP contribution in [-0.2, 0) is 0 Å². The van der Waals surface area contributed by atoms with Crippen LogP contribution in [0.3, 0.4) is 0 Å². The molecule has 0 saturated carbocycles. The molecule has 4 heterocycles. The van der Waals surface area contributed by atoms with E-state index in [0.717, 1.165) is 57.7 Å². The maximum Gasteiger partial charge on any atom is 0.272 e. The minimum Gasteiger partial charge on any atom is -0.335 e. The average molecular weight is 356 g/mol. The van der Waals surface area contributed by atoms with Crippen molar-refractivity contribution in [3.05, 3.63) is 29.8 Å². The quantitative estimate of drug-likeness (QED) is 0.770. The lowest BCUT2D eigenvalue weighted by molar-refractivity contribution is 0.0314. The highest BCUT2D eigenvalue weighted by Crippen LogP contribution is 2.31. The lowest BCUT2D eigenvalue weighted by Crippen LogP contribution is -2.58. The van der Waals surface area contributed by atoms with Gasteiger partial charge >= 0.3 is 0 Å². The third-order valence-electron chi connectivity index (χ3n) is 6.20. The maximum absolute atomic E-state index is 13.5. The molecule has 0 bridgehead atoms. The largest absolute Gasteiger partial charge is 0.335 e. The second kappa shape index (κ2) is 6.63.